The summed E-state index contributed by atoms with van der Waals surface area (Å²) < 4.78 is 2.85. The fraction of sp³-hybridized carbons (Fsp3) is 0.714. The fourth-order valence-electron chi connectivity index (χ4n) is 2.90. The van der Waals surface area contributed by atoms with E-state index in [1.165, 1.54) is 0 Å². The number of allylic oxidation sites excluding steroid dienone is 3. The number of nitrogens with zero attached hydrogens (tertiary/aromatic N) is 1. The number of hydrogen-bond acceptors (Lipinski definition) is 1. The van der Waals surface area contributed by atoms with Gasteiger partial charge in [0.2, 0.25) is 0 Å². The van der Waals surface area contributed by atoms with Gasteiger partial charge < -0.3 is 4.23 Å². The standard InChI is InChI=1S/C14H29NSi2/c1-14(2,3)12-10-9-11-13(12)15(16(4)5)17(6,7)8/h9-10,16H,11H2,1-8H3. The molecule has 0 unspecified atom stereocenters. The van der Waals surface area contributed by atoms with Crippen molar-refractivity contribution < 1.29 is 0 Å². The number of hydrogen-bond donors (Lipinski definition) is 0. The van der Waals surface area contributed by atoms with Gasteiger partial charge in [-0.15, -0.1) is 0 Å². The minimum atomic E-state index is -1.24. The Balaban J connectivity index is 3.21. The van der Waals surface area contributed by atoms with Gasteiger partial charge in [-0.3, -0.25) is 0 Å². The summed E-state index contributed by atoms with van der Waals surface area (Å²) >= 11 is 0. The molecule has 0 radical (unpaired) electrons. The Morgan fingerprint density at radius 3 is 2.06 bits per heavy atom. The second-order valence-electron chi connectivity index (χ2n) is 7.35. The van der Waals surface area contributed by atoms with Gasteiger partial charge in [-0.2, -0.15) is 0 Å². The van der Waals surface area contributed by atoms with E-state index in [0.717, 1.165) is 6.42 Å². The highest BCUT2D eigenvalue weighted by Crippen LogP contribution is 2.38. The first-order chi connectivity index (χ1) is 7.55. The van der Waals surface area contributed by atoms with Crippen LogP contribution in [0.1, 0.15) is 27.2 Å². The van der Waals surface area contributed by atoms with Crippen molar-refractivity contribution in [2.45, 2.75) is 59.9 Å². The zero-order valence-electron chi connectivity index (χ0n) is 12.9. The lowest BCUT2D eigenvalue weighted by Crippen LogP contribution is -2.51. The summed E-state index contributed by atoms with van der Waals surface area (Å²) in [5.41, 5.74) is 3.49. The predicted octanol–water partition coefficient (Wildman–Crippen LogP) is 4.37. The largest absolute Gasteiger partial charge is 0.430 e. The maximum absolute atomic E-state index is 2.85. The Morgan fingerprint density at radius 1 is 1.18 bits per heavy atom. The van der Waals surface area contributed by atoms with Crippen LogP contribution in [-0.4, -0.2) is 21.4 Å². The van der Waals surface area contributed by atoms with Gasteiger partial charge in [-0.25, -0.2) is 0 Å². The predicted molar refractivity (Wildman–Crippen MR) is 84.3 cm³/mol. The lowest BCUT2D eigenvalue weighted by Gasteiger charge is -2.43. The van der Waals surface area contributed by atoms with Crippen molar-refractivity contribution in [3.8, 4) is 0 Å². The molecule has 98 valence electrons. The van der Waals surface area contributed by atoms with Crippen LogP contribution in [0, 0.1) is 5.41 Å². The molecule has 0 aliphatic heterocycles. The van der Waals surface area contributed by atoms with E-state index in [4.69, 9.17) is 0 Å². The monoisotopic (exact) mass is 267 g/mol. The SMILES string of the molecule is C[SiH](C)N(C1=C(C(C)(C)C)C=CC1)[Si](C)(C)C. The van der Waals surface area contributed by atoms with E-state index in [-0.39, 0.29) is 5.41 Å². The van der Waals surface area contributed by atoms with Crippen LogP contribution in [0.25, 0.3) is 0 Å². The first-order valence-corrected chi connectivity index (χ1v) is 13.0. The van der Waals surface area contributed by atoms with E-state index in [0.29, 0.717) is 0 Å². The van der Waals surface area contributed by atoms with Crippen LogP contribution >= 0.6 is 0 Å². The Hall–Kier alpha value is -0.286. The molecule has 0 atom stereocenters. The molecule has 0 heterocycles. The van der Waals surface area contributed by atoms with Crippen LogP contribution in [0.3, 0.4) is 0 Å². The van der Waals surface area contributed by atoms with Crippen molar-refractivity contribution in [1.29, 1.82) is 0 Å². The minimum Gasteiger partial charge on any atom is -0.430 e. The molecule has 0 aromatic rings. The van der Waals surface area contributed by atoms with Crippen molar-refractivity contribution in [1.82, 2.24) is 4.23 Å². The lowest BCUT2D eigenvalue weighted by atomic mass is 9.86. The molecular weight excluding hydrogens is 238 g/mol. The Morgan fingerprint density at radius 2 is 1.71 bits per heavy atom. The van der Waals surface area contributed by atoms with Gasteiger partial charge in [-0.05, 0) is 11.0 Å². The molecule has 3 heteroatoms. The summed E-state index contributed by atoms with van der Waals surface area (Å²) in [5, 5.41) is 0. The van der Waals surface area contributed by atoms with Crippen molar-refractivity contribution in [3.63, 3.8) is 0 Å². The second kappa shape index (κ2) is 4.77. The van der Waals surface area contributed by atoms with Gasteiger partial charge in [0.25, 0.3) is 0 Å². The third kappa shape index (κ3) is 3.35. The average molecular weight is 268 g/mol. The van der Waals surface area contributed by atoms with Gasteiger partial charge in [-0.1, -0.05) is 65.7 Å². The minimum absolute atomic E-state index is 0.281. The molecule has 1 nitrogen and oxygen atoms in total. The van der Waals surface area contributed by atoms with E-state index < -0.39 is 17.2 Å². The highest BCUT2D eigenvalue weighted by Gasteiger charge is 2.32. The van der Waals surface area contributed by atoms with E-state index in [9.17, 15) is 0 Å². The van der Waals surface area contributed by atoms with Crippen molar-refractivity contribution in [3.05, 3.63) is 23.4 Å². The molecule has 0 spiro atoms. The molecule has 1 rings (SSSR count). The maximum atomic E-state index is 2.85. The summed E-state index contributed by atoms with van der Waals surface area (Å²) in [6.45, 7) is 19.4. The lowest BCUT2D eigenvalue weighted by molar-refractivity contribution is 0.502. The van der Waals surface area contributed by atoms with Crippen molar-refractivity contribution in [2.24, 2.45) is 5.41 Å². The molecule has 0 fully saturated rings. The van der Waals surface area contributed by atoms with E-state index in [1.807, 2.05) is 0 Å². The number of rotatable bonds is 3. The zero-order chi connectivity index (χ0) is 13.4. The molecule has 0 saturated carbocycles. The molecule has 0 saturated heterocycles. The molecule has 0 aromatic carbocycles. The molecular formula is C14H29NSi2. The van der Waals surface area contributed by atoms with Crippen LogP contribution in [0.15, 0.2) is 23.4 Å². The first-order valence-electron chi connectivity index (χ1n) is 6.74. The summed E-state index contributed by atoms with van der Waals surface area (Å²) in [6, 6.07) is 0. The van der Waals surface area contributed by atoms with Gasteiger partial charge in [0.1, 0.15) is 17.2 Å². The van der Waals surface area contributed by atoms with Gasteiger partial charge in [0.15, 0.2) is 0 Å². The summed E-state index contributed by atoms with van der Waals surface area (Å²) in [4.78, 5) is 0. The Bertz CT molecular complexity index is 340. The Labute approximate surface area is 110 Å². The smallest absolute Gasteiger partial charge is 0.138 e. The normalized spacial score (nSPS) is 17.2. The summed E-state index contributed by atoms with van der Waals surface area (Å²) in [5.74, 6) is 0. The van der Waals surface area contributed by atoms with Crippen LogP contribution in [0.2, 0.25) is 32.7 Å². The third-order valence-corrected chi connectivity index (χ3v) is 10.2. The van der Waals surface area contributed by atoms with E-state index in [2.05, 4.69) is 69.9 Å². The third-order valence-electron chi connectivity index (χ3n) is 3.24. The molecule has 0 N–H and O–H groups in total. The quantitative estimate of drug-likeness (QED) is 0.687. The molecule has 0 aromatic heterocycles. The topological polar surface area (TPSA) is 3.24 Å². The van der Waals surface area contributed by atoms with Gasteiger partial charge >= 0.3 is 0 Å². The maximum Gasteiger partial charge on any atom is 0.138 e. The summed E-state index contributed by atoms with van der Waals surface area (Å²) in [6.07, 6.45) is 5.86. The second-order valence-corrected chi connectivity index (χ2v) is 15.4. The van der Waals surface area contributed by atoms with Crippen LogP contribution < -0.4 is 0 Å². The van der Waals surface area contributed by atoms with Crippen LogP contribution in [0.4, 0.5) is 0 Å². The highest BCUT2D eigenvalue weighted by atomic mass is 28.4. The van der Waals surface area contributed by atoms with Crippen LogP contribution in [-0.2, 0) is 0 Å². The average Bonchev–Trinajstić information content (AvgIpc) is 2.47. The van der Waals surface area contributed by atoms with E-state index >= 15 is 0 Å². The molecule has 17 heavy (non-hydrogen) atoms. The first kappa shape index (κ1) is 14.8. The van der Waals surface area contributed by atoms with Crippen molar-refractivity contribution in [2.75, 3.05) is 0 Å². The summed E-state index contributed by atoms with van der Waals surface area (Å²) in [7, 11) is -2.01. The highest BCUT2D eigenvalue weighted by molar-refractivity contribution is 6.83. The van der Waals surface area contributed by atoms with E-state index in [1.54, 1.807) is 11.3 Å². The fourth-order valence-corrected chi connectivity index (χ4v) is 11.0. The molecule has 1 aliphatic carbocycles. The molecule has 0 amide bonds. The van der Waals surface area contributed by atoms with Gasteiger partial charge in [0, 0.05) is 12.1 Å². The van der Waals surface area contributed by atoms with Gasteiger partial charge in [0.05, 0.1) is 0 Å². The Kier molecular flexibility index (Phi) is 4.14. The zero-order valence-corrected chi connectivity index (χ0v) is 15.0. The van der Waals surface area contributed by atoms with Crippen molar-refractivity contribution >= 4 is 17.2 Å². The molecule has 1 aliphatic rings. The molecule has 0 bridgehead atoms. The van der Waals surface area contributed by atoms with Crippen LogP contribution in [0.5, 0.6) is 0 Å².